The molecule has 1 amide bonds. The summed E-state index contributed by atoms with van der Waals surface area (Å²) in [7, 11) is 2.87. The van der Waals surface area contributed by atoms with Crippen molar-refractivity contribution < 1.29 is 14.7 Å². The summed E-state index contributed by atoms with van der Waals surface area (Å²) in [6.07, 6.45) is 7.81. The van der Waals surface area contributed by atoms with Crippen molar-refractivity contribution in [3.63, 3.8) is 0 Å². The van der Waals surface area contributed by atoms with Gasteiger partial charge in [-0.15, -0.1) is 0 Å². The first-order chi connectivity index (χ1) is 10.1. The maximum atomic E-state index is 12.7. The Bertz CT molecular complexity index is 340. The summed E-state index contributed by atoms with van der Waals surface area (Å²) in [6.45, 7) is 2.35. The van der Waals surface area contributed by atoms with Crippen molar-refractivity contribution in [3.05, 3.63) is 0 Å². The number of likely N-dealkylation sites (N-methyl/N-ethyl adjacent to an activating group) is 1. The van der Waals surface area contributed by atoms with Gasteiger partial charge in [-0.25, -0.2) is 0 Å². The molecule has 5 nitrogen and oxygen atoms in total. The molecule has 0 aromatic rings. The average molecular weight is 298 g/mol. The van der Waals surface area contributed by atoms with Gasteiger partial charge in [0, 0.05) is 13.7 Å². The van der Waals surface area contributed by atoms with Crippen LogP contribution in [0.25, 0.3) is 0 Å². The van der Waals surface area contributed by atoms with Crippen molar-refractivity contribution in [2.24, 2.45) is 5.92 Å². The fourth-order valence-electron chi connectivity index (χ4n) is 3.66. The number of hydrogen-bond acceptors (Lipinski definition) is 4. The van der Waals surface area contributed by atoms with Crippen molar-refractivity contribution in [3.8, 4) is 0 Å². The van der Waals surface area contributed by atoms with Crippen LogP contribution in [-0.2, 0) is 9.59 Å². The number of aliphatic hydroxyl groups is 1. The number of Topliss-reactive ketones (excluding diaryl/α,β-unsaturated/α-hetero) is 1. The molecule has 122 valence electrons. The number of ketones is 1. The maximum Gasteiger partial charge on any atom is 0.240 e. The van der Waals surface area contributed by atoms with Gasteiger partial charge in [-0.1, -0.05) is 19.3 Å². The number of carbonyl (C=O) groups is 2. The lowest BCUT2D eigenvalue weighted by atomic mass is 9.83. The topological polar surface area (TPSA) is 69.6 Å². The van der Waals surface area contributed by atoms with E-state index in [2.05, 4.69) is 5.32 Å². The lowest BCUT2D eigenvalue weighted by molar-refractivity contribution is -0.140. The third-order valence-corrected chi connectivity index (χ3v) is 4.70. The van der Waals surface area contributed by atoms with E-state index in [1.165, 1.54) is 19.3 Å². The minimum atomic E-state index is -0.174. The molecule has 2 fully saturated rings. The van der Waals surface area contributed by atoms with Crippen LogP contribution in [0.2, 0.25) is 0 Å². The molecule has 2 aliphatic rings. The quantitative estimate of drug-likeness (QED) is 0.822. The van der Waals surface area contributed by atoms with Gasteiger partial charge in [0.2, 0.25) is 5.91 Å². The molecule has 5 heteroatoms. The number of nitrogens with zero attached hydrogens (tertiary/aromatic N) is 1. The molecule has 1 saturated carbocycles. The Morgan fingerprint density at radius 3 is 2.24 bits per heavy atom. The number of likely N-dealkylation sites (tertiary alicyclic amines) is 1. The second kappa shape index (κ2) is 9.15. The van der Waals surface area contributed by atoms with E-state index in [4.69, 9.17) is 5.11 Å². The zero-order chi connectivity index (χ0) is 15.8. The highest BCUT2D eigenvalue weighted by Crippen LogP contribution is 2.29. The molecule has 0 spiro atoms. The average Bonchev–Trinajstić information content (AvgIpc) is 3.01. The Morgan fingerprint density at radius 1 is 1.10 bits per heavy atom. The van der Waals surface area contributed by atoms with Crippen molar-refractivity contribution in [1.29, 1.82) is 0 Å². The van der Waals surface area contributed by atoms with E-state index < -0.39 is 0 Å². The number of carbonyl (C=O) groups excluding carboxylic acids is 2. The molecule has 0 aromatic carbocycles. The third kappa shape index (κ3) is 4.51. The van der Waals surface area contributed by atoms with Crippen LogP contribution in [0.3, 0.4) is 0 Å². The van der Waals surface area contributed by atoms with Gasteiger partial charge in [-0.3, -0.25) is 9.59 Å². The van der Waals surface area contributed by atoms with E-state index in [-0.39, 0.29) is 23.8 Å². The van der Waals surface area contributed by atoms with Gasteiger partial charge in [0.05, 0.1) is 12.1 Å². The van der Waals surface area contributed by atoms with Crippen LogP contribution in [0.15, 0.2) is 0 Å². The fraction of sp³-hybridized carbons (Fsp3) is 0.875. The van der Waals surface area contributed by atoms with Gasteiger partial charge < -0.3 is 15.3 Å². The Kier molecular flexibility index (Phi) is 7.89. The Balaban J connectivity index is 0.00000106. The number of rotatable bonds is 4. The third-order valence-electron chi connectivity index (χ3n) is 4.70. The molecule has 21 heavy (non-hydrogen) atoms. The normalized spacial score (nSPS) is 24.2. The van der Waals surface area contributed by atoms with Crippen LogP contribution >= 0.6 is 0 Å². The van der Waals surface area contributed by atoms with E-state index >= 15 is 0 Å². The summed E-state index contributed by atoms with van der Waals surface area (Å²) in [5.74, 6) is 0.718. The van der Waals surface area contributed by atoms with Gasteiger partial charge in [0.15, 0.2) is 5.78 Å². The molecule has 2 atom stereocenters. The van der Waals surface area contributed by atoms with Crippen LogP contribution in [0.5, 0.6) is 0 Å². The lowest BCUT2D eigenvalue weighted by Crippen LogP contribution is -2.52. The Morgan fingerprint density at radius 2 is 1.71 bits per heavy atom. The predicted molar refractivity (Wildman–Crippen MR) is 83.0 cm³/mol. The largest absolute Gasteiger partial charge is 0.400 e. The van der Waals surface area contributed by atoms with Crippen LogP contribution in [0, 0.1) is 5.92 Å². The van der Waals surface area contributed by atoms with Crippen LogP contribution in [0.1, 0.15) is 51.9 Å². The monoisotopic (exact) mass is 298 g/mol. The zero-order valence-corrected chi connectivity index (χ0v) is 13.6. The highest BCUT2D eigenvalue weighted by Gasteiger charge is 2.37. The number of nitrogens with one attached hydrogen (secondary N) is 1. The maximum absolute atomic E-state index is 12.7. The van der Waals surface area contributed by atoms with E-state index in [0.717, 1.165) is 39.3 Å². The first-order valence-electron chi connectivity index (χ1n) is 8.08. The Hall–Kier alpha value is -0.940. The molecule has 2 rings (SSSR count). The van der Waals surface area contributed by atoms with Gasteiger partial charge in [0.25, 0.3) is 0 Å². The van der Waals surface area contributed by atoms with Gasteiger partial charge in [-0.05, 0) is 45.6 Å². The first kappa shape index (κ1) is 18.1. The molecule has 0 aromatic heterocycles. The molecular formula is C16H30N2O3. The van der Waals surface area contributed by atoms with Crippen LogP contribution in [0.4, 0.5) is 0 Å². The summed E-state index contributed by atoms with van der Waals surface area (Å²) in [5, 5.41) is 10.2. The van der Waals surface area contributed by atoms with E-state index in [9.17, 15) is 9.59 Å². The Labute approximate surface area is 128 Å². The number of aliphatic hydroxyl groups excluding tert-OH is 1. The number of amides is 1. The molecule has 1 aliphatic heterocycles. The van der Waals surface area contributed by atoms with E-state index in [1.54, 1.807) is 6.92 Å². The molecule has 2 N–H and O–H groups in total. The lowest BCUT2D eigenvalue weighted by Gasteiger charge is -2.33. The minimum absolute atomic E-state index is 0.0970. The molecular weight excluding hydrogens is 268 g/mol. The van der Waals surface area contributed by atoms with Gasteiger partial charge >= 0.3 is 0 Å². The standard InChI is InChI=1S/C15H26N2O2.CH4O/c1-11(18)13-9-6-10-17(13)15(19)14(16-2)12-7-4-3-5-8-12;1-2/h12-14,16H,3-10H2,1-2H3;2H,1H3/t13-,14?;/m0./s1. The molecule has 1 saturated heterocycles. The van der Waals surface area contributed by atoms with Crippen molar-refractivity contribution >= 4 is 11.7 Å². The summed E-state index contributed by atoms with van der Waals surface area (Å²) in [4.78, 5) is 26.2. The summed E-state index contributed by atoms with van der Waals surface area (Å²) in [5.41, 5.74) is 0. The molecule has 1 unspecified atom stereocenters. The van der Waals surface area contributed by atoms with Gasteiger partial charge in [0.1, 0.15) is 0 Å². The number of hydrogen-bond donors (Lipinski definition) is 2. The second-order valence-corrected chi connectivity index (χ2v) is 5.96. The second-order valence-electron chi connectivity index (χ2n) is 5.96. The minimum Gasteiger partial charge on any atom is -0.400 e. The predicted octanol–water partition coefficient (Wildman–Crippen LogP) is 1.34. The molecule has 0 bridgehead atoms. The fourth-order valence-corrected chi connectivity index (χ4v) is 3.66. The zero-order valence-electron chi connectivity index (χ0n) is 13.6. The molecule has 1 heterocycles. The highest BCUT2D eigenvalue weighted by molar-refractivity contribution is 5.90. The SMILES string of the molecule is CNC(C(=O)N1CCC[C@H]1C(C)=O)C1CCCCC1.CO. The molecule has 0 radical (unpaired) electrons. The van der Waals surface area contributed by atoms with E-state index in [0.29, 0.717) is 5.92 Å². The summed E-state index contributed by atoms with van der Waals surface area (Å²) >= 11 is 0. The van der Waals surface area contributed by atoms with Crippen molar-refractivity contribution in [1.82, 2.24) is 10.2 Å². The van der Waals surface area contributed by atoms with Gasteiger partial charge in [-0.2, -0.15) is 0 Å². The smallest absolute Gasteiger partial charge is 0.240 e. The molecule has 1 aliphatic carbocycles. The summed E-state index contributed by atoms with van der Waals surface area (Å²) < 4.78 is 0. The van der Waals surface area contributed by atoms with Crippen LogP contribution in [-0.4, -0.2) is 54.5 Å². The first-order valence-corrected chi connectivity index (χ1v) is 8.08. The van der Waals surface area contributed by atoms with E-state index in [1.807, 2.05) is 11.9 Å². The highest BCUT2D eigenvalue weighted by atomic mass is 16.2. The van der Waals surface area contributed by atoms with Crippen molar-refractivity contribution in [2.75, 3.05) is 20.7 Å². The van der Waals surface area contributed by atoms with Crippen molar-refractivity contribution in [2.45, 2.75) is 64.0 Å². The summed E-state index contributed by atoms with van der Waals surface area (Å²) in [6, 6.07) is -0.271. The van der Waals surface area contributed by atoms with Crippen LogP contribution < -0.4 is 5.32 Å².